The van der Waals surface area contributed by atoms with Crippen LogP contribution in [0.1, 0.15) is 25.3 Å². The van der Waals surface area contributed by atoms with Crippen LogP contribution < -0.4 is 10.3 Å². The fraction of sp³-hybridized carbons (Fsp3) is 0.440. The van der Waals surface area contributed by atoms with E-state index in [9.17, 15) is 13.6 Å². The monoisotopic (exact) mass is 441 g/mol. The summed E-state index contributed by atoms with van der Waals surface area (Å²) < 4.78 is 32.1. The molecule has 7 heteroatoms. The van der Waals surface area contributed by atoms with Crippen molar-refractivity contribution in [2.45, 2.75) is 39.7 Å². The number of aromatic nitrogens is 2. The van der Waals surface area contributed by atoms with Gasteiger partial charge in [-0.25, -0.2) is 13.8 Å². The van der Waals surface area contributed by atoms with E-state index in [1.54, 1.807) is 16.7 Å². The highest BCUT2D eigenvalue weighted by Gasteiger charge is 2.23. The van der Waals surface area contributed by atoms with Crippen LogP contribution in [0.4, 0.5) is 8.78 Å². The smallest absolute Gasteiger partial charge is 0.272 e. The van der Waals surface area contributed by atoms with Crippen molar-refractivity contribution in [1.82, 2.24) is 14.5 Å². The van der Waals surface area contributed by atoms with Gasteiger partial charge in [0.25, 0.3) is 12.0 Å². The SMILES string of the molecule is CCN1CCC[C@H](Cn2c(-c3ccccc3C)nc3ccc(OCC(F)F)cc3c2=O)C1. The summed E-state index contributed by atoms with van der Waals surface area (Å²) in [7, 11) is 0. The molecule has 4 rings (SSSR count). The maximum Gasteiger partial charge on any atom is 0.272 e. The fourth-order valence-electron chi connectivity index (χ4n) is 4.49. The van der Waals surface area contributed by atoms with E-state index >= 15 is 0 Å². The molecule has 2 aromatic carbocycles. The lowest BCUT2D eigenvalue weighted by Crippen LogP contribution is -2.38. The van der Waals surface area contributed by atoms with Crippen LogP contribution in [0.5, 0.6) is 5.75 Å². The van der Waals surface area contributed by atoms with Crippen molar-refractivity contribution in [1.29, 1.82) is 0 Å². The summed E-state index contributed by atoms with van der Waals surface area (Å²) in [6.07, 6.45) is -0.401. The van der Waals surface area contributed by atoms with Crippen LogP contribution in [0.2, 0.25) is 0 Å². The lowest BCUT2D eigenvalue weighted by Gasteiger charge is -2.32. The Kier molecular flexibility index (Phi) is 6.84. The van der Waals surface area contributed by atoms with Crippen molar-refractivity contribution in [3.8, 4) is 17.1 Å². The minimum Gasteiger partial charge on any atom is -0.488 e. The van der Waals surface area contributed by atoms with E-state index < -0.39 is 13.0 Å². The lowest BCUT2D eigenvalue weighted by molar-refractivity contribution is 0.0820. The number of aryl methyl sites for hydroxylation is 1. The zero-order valence-electron chi connectivity index (χ0n) is 18.6. The van der Waals surface area contributed by atoms with Crippen molar-refractivity contribution in [3.05, 3.63) is 58.4 Å². The Bertz CT molecular complexity index is 1150. The molecule has 0 radical (unpaired) electrons. The lowest BCUT2D eigenvalue weighted by atomic mass is 9.97. The van der Waals surface area contributed by atoms with Crippen molar-refractivity contribution in [2.24, 2.45) is 5.92 Å². The maximum absolute atomic E-state index is 13.7. The second-order valence-electron chi connectivity index (χ2n) is 8.45. The normalized spacial score (nSPS) is 17.2. The molecule has 1 saturated heterocycles. The van der Waals surface area contributed by atoms with Gasteiger partial charge in [0.1, 0.15) is 18.2 Å². The van der Waals surface area contributed by atoms with Crippen LogP contribution in [0.3, 0.4) is 0 Å². The van der Waals surface area contributed by atoms with Gasteiger partial charge < -0.3 is 9.64 Å². The number of hydrogen-bond acceptors (Lipinski definition) is 4. The van der Waals surface area contributed by atoms with E-state index in [1.165, 1.54) is 6.07 Å². The first-order valence-corrected chi connectivity index (χ1v) is 11.2. The number of fused-ring (bicyclic) bond motifs is 1. The first-order chi connectivity index (χ1) is 15.5. The van der Waals surface area contributed by atoms with Gasteiger partial charge >= 0.3 is 0 Å². The first kappa shape index (κ1) is 22.4. The van der Waals surface area contributed by atoms with Crippen LogP contribution in [-0.2, 0) is 6.54 Å². The van der Waals surface area contributed by atoms with Gasteiger partial charge in [-0.1, -0.05) is 31.2 Å². The molecule has 0 spiro atoms. The van der Waals surface area contributed by atoms with Gasteiger partial charge in [0, 0.05) is 18.7 Å². The third-order valence-corrected chi connectivity index (χ3v) is 6.18. The van der Waals surface area contributed by atoms with Crippen LogP contribution in [0, 0.1) is 12.8 Å². The molecule has 1 fully saturated rings. The van der Waals surface area contributed by atoms with E-state index in [2.05, 4.69) is 11.8 Å². The number of nitrogens with zero attached hydrogens (tertiary/aromatic N) is 3. The third kappa shape index (κ3) is 4.83. The quantitative estimate of drug-likeness (QED) is 0.531. The van der Waals surface area contributed by atoms with Gasteiger partial charge in [-0.2, -0.15) is 0 Å². The Hall–Kier alpha value is -2.80. The average Bonchev–Trinajstić information content (AvgIpc) is 2.80. The summed E-state index contributed by atoms with van der Waals surface area (Å²) >= 11 is 0. The molecule has 0 amide bonds. The zero-order chi connectivity index (χ0) is 22.7. The molecule has 32 heavy (non-hydrogen) atoms. The third-order valence-electron chi connectivity index (χ3n) is 6.18. The van der Waals surface area contributed by atoms with Gasteiger partial charge in [-0.15, -0.1) is 0 Å². The molecule has 3 aromatic rings. The number of alkyl halides is 2. The van der Waals surface area contributed by atoms with Gasteiger partial charge in [0.05, 0.1) is 10.9 Å². The number of halogens is 2. The van der Waals surface area contributed by atoms with Crippen molar-refractivity contribution >= 4 is 10.9 Å². The Balaban J connectivity index is 1.81. The zero-order valence-corrected chi connectivity index (χ0v) is 18.6. The number of hydrogen-bond donors (Lipinski definition) is 0. The Morgan fingerprint density at radius 3 is 2.78 bits per heavy atom. The molecule has 1 atom stereocenters. The molecule has 1 aromatic heterocycles. The number of piperidine rings is 1. The second-order valence-corrected chi connectivity index (χ2v) is 8.45. The Labute approximate surface area is 186 Å². The van der Waals surface area contributed by atoms with Gasteiger partial charge in [0.15, 0.2) is 0 Å². The minimum absolute atomic E-state index is 0.163. The number of benzene rings is 2. The minimum atomic E-state index is -2.57. The van der Waals surface area contributed by atoms with Crippen LogP contribution in [0.15, 0.2) is 47.3 Å². The van der Waals surface area contributed by atoms with E-state index in [0.29, 0.717) is 29.2 Å². The van der Waals surface area contributed by atoms with Crippen LogP contribution in [-0.4, -0.2) is 47.1 Å². The maximum atomic E-state index is 13.7. The van der Waals surface area contributed by atoms with Crippen LogP contribution >= 0.6 is 0 Å². The molecule has 2 heterocycles. The molecule has 1 aliphatic rings. The largest absolute Gasteiger partial charge is 0.488 e. The standard InChI is InChI=1S/C25H29F2N3O2/c1-3-29-12-6-8-18(14-29)15-30-24(20-9-5-4-7-17(20)2)28-22-11-10-19(32-16-23(26)27)13-21(22)25(30)31/h4-5,7,9-11,13,18,23H,3,6,8,12,14-16H2,1-2H3/t18-/m0/s1. The molecule has 0 bridgehead atoms. The summed E-state index contributed by atoms with van der Waals surface area (Å²) in [5.74, 6) is 1.25. The number of likely N-dealkylation sites (tertiary alicyclic amines) is 1. The summed E-state index contributed by atoms with van der Waals surface area (Å²) in [6, 6.07) is 12.7. The summed E-state index contributed by atoms with van der Waals surface area (Å²) in [4.78, 5) is 20.9. The molecule has 0 N–H and O–H groups in total. The predicted octanol–water partition coefficient (Wildman–Crippen LogP) is 4.75. The predicted molar refractivity (Wildman–Crippen MR) is 123 cm³/mol. The molecule has 0 saturated carbocycles. The van der Waals surface area contributed by atoms with Crippen molar-refractivity contribution in [3.63, 3.8) is 0 Å². The van der Waals surface area contributed by atoms with Gasteiger partial charge in [0.2, 0.25) is 0 Å². The highest BCUT2D eigenvalue weighted by atomic mass is 19.3. The van der Waals surface area contributed by atoms with E-state index in [4.69, 9.17) is 9.72 Å². The topological polar surface area (TPSA) is 47.4 Å². The second kappa shape index (κ2) is 9.77. The molecule has 1 aliphatic heterocycles. The fourth-order valence-corrected chi connectivity index (χ4v) is 4.49. The molecular weight excluding hydrogens is 412 g/mol. The molecule has 0 unspecified atom stereocenters. The Morgan fingerprint density at radius 2 is 2.03 bits per heavy atom. The van der Waals surface area contributed by atoms with Crippen molar-refractivity contribution in [2.75, 3.05) is 26.2 Å². The highest BCUT2D eigenvalue weighted by molar-refractivity contribution is 5.81. The average molecular weight is 442 g/mol. The Morgan fingerprint density at radius 1 is 1.22 bits per heavy atom. The van der Waals surface area contributed by atoms with E-state index in [1.807, 2.05) is 31.2 Å². The molecule has 5 nitrogen and oxygen atoms in total. The first-order valence-electron chi connectivity index (χ1n) is 11.2. The van der Waals surface area contributed by atoms with E-state index in [0.717, 1.165) is 43.6 Å². The summed E-state index contributed by atoms with van der Waals surface area (Å²) in [5, 5.41) is 0.386. The number of rotatable bonds is 7. The summed E-state index contributed by atoms with van der Waals surface area (Å²) in [6.45, 7) is 7.08. The number of ether oxygens (including phenoxy) is 1. The van der Waals surface area contributed by atoms with Crippen molar-refractivity contribution < 1.29 is 13.5 Å². The molecular formula is C25H29F2N3O2. The van der Waals surface area contributed by atoms with Crippen LogP contribution in [0.25, 0.3) is 22.3 Å². The summed E-state index contributed by atoms with van der Waals surface area (Å²) in [5.41, 5.74) is 2.34. The molecule has 170 valence electrons. The van der Waals surface area contributed by atoms with E-state index in [-0.39, 0.29) is 11.3 Å². The van der Waals surface area contributed by atoms with Gasteiger partial charge in [-0.05, 0) is 62.5 Å². The molecule has 0 aliphatic carbocycles. The van der Waals surface area contributed by atoms with Gasteiger partial charge in [-0.3, -0.25) is 9.36 Å². The highest BCUT2D eigenvalue weighted by Crippen LogP contribution is 2.26.